The minimum absolute atomic E-state index is 0.183. The Kier molecular flexibility index (Phi) is 8.66. The molecule has 112 valence electrons. The summed E-state index contributed by atoms with van der Waals surface area (Å²) in [4.78, 5) is 12.0. The van der Waals surface area contributed by atoms with Crippen LogP contribution in [0.4, 0.5) is 0 Å². The van der Waals surface area contributed by atoms with Crippen molar-refractivity contribution in [3.63, 3.8) is 0 Å². The fourth-order valence-electron chi connectivity index (χ4n) is 1.35. The summed E-state index contributed by atoms with van der Waals surface area (Å²) in [7, 11) is 4.83. The van der Waals surface area contributed by atoms with Gasteiger partial charge in [-0.05, 0) is 13.5 Å². The lowest BCUT2D eigenvalue weighted by Gasteiger charge is -2.35. The van der Waals surface area contributed by atoms with Gasteiger partial charge in [-0.25, -0.2) is 4.67 Å². The Morgan fingerprint density at radius 1 is 1.53 bits per heavy atom. The van der Waals surface area contributed by atoms with Crippen molar-refractivity contribution in [2.45, 2.75) is 31.9 Å². The maximum atomic E-state index is 13.2. The molecule has 0 aromatic carbocycles. The predicted molar refractivity (Wildman–Crippen MR) is 82.2 cm³/mol. The quantitative estimate of drug-likeness (QED) is 0.372. The molecular formula is C12H25N2O3PS. The lowest BCUT2D eigenvalue weighted by atomic mass is 10.4. The molecule has 5 nitrogen and oxygen atoms in total. The van der Waals surface area contributed by atoms with E-state index in [9.17, 15) is 9.36 Å². The van der Waals surface area contributed by atoms with E-state index < -0.39 is 6.65 Å². The highest BCUT2D eigenvalue weighted by molar-refractivity contribution is 8.57. The van der Waals surface area contributed by atoms with Crippen LogP contribution in [-0.4, -0.2) is 48.4 Å². The molecule has 0 aliphatic rings. The van der Waals surface area contributed by atoms with Gasteiger partial charge in [-0.1, -0.05) is 31.3 Å². The molecule has 0 radical (unpaired) electrons. The highest BCUT2D eigenvalue weighted by Crippen LogP contribution is 2.64. The first-order valence-electron chi connectivity index (χ1n) is 6.20. The normalized spacial score (nSPS) is 15.9. The third kappa shape index (κ3) is 5.30. The number of amides is 1. The van der Waals surface area contributed by atoms with Crippen LogP contribution in [0, 0.1) is 0 Å². The zero-order valence-corrected chi connectivity index (χ0v) is 14.2. The molecule has 2 atom stereocenters. The van der Waals surface area contributed by atoms with Gasteiger partial charge in [0.25, 0.3) is 6.65 Å². The summed E-state index contributed by atoms with van der Waals surface area (Å²) in [5, 5.41) is 0.198. The van der Waals surface area contributed by atoms with Crippen molar-refractivity contribution in [3.8, 4) is 0 Å². The largest absolute Gasteiger partial charge is 0.369 e. The zero-order chi connectivity index (χ0) is 15.1. The summed E-state index contributed by atoms with van der Waals surface area (Å²) in [5.41, 5.74) is 0. The smallest absolute Gasteiger partial charge is 0.299 e. The summed E-state index contributed by atoms with van der Waals surface area (Å²) in [5.74, 6) is -0.197. The molecule has 0 heterocycles. The molecule has 19 heavy (non-hydrogen) atoms. The molecule has 0 spiro atoms. The summed E-state index contributed by atoms with van der Waals surface area (Å²) in [6, 6.07) is 0. The van der Waals surface area contributed by atoms with Crippen molar-refractivity contribution in [3.05, 3.63) is 12.7 Å². The summed E-state index contributed by atoms with van der Waals surface area (Å²) in [6.45, 7) is 4.78. The van der Waals surface area contributed by atoms with Crippen molar-refractivity contribution in [1.82, 2.24) is 9.34 Å². The van der Waals surface area contributed by atoms with Crippen LogP contribution in [0.25, 0.3) is 0 Å². The average Bonchev–Trinajstić information content (AvgIpc) is 2.37. The first-order chi connectivity index (χ1) is 8.83. The lowest BCUT2D eigenvalue weighted by Crippen LogP contribution is -2.31. The number of hydrogen-bond acceptors (Lipinski definition) is 4. The van der Waals surface area contributed by atoms with Gasteiger partial charge in [-0.2, -0.15) is 0 Å². The molecule has 0 aliphatic carbocycles. The standard InChI is InChI=1S/C12H25N2O3PS/c1-7-9-12(15)14(5)18(16,13(4)10-17-6)19-11(3)8-2/h7,11H,1,8-10H2,2-6H3. The minimum Gasteiger partial charge on any atom is -0.369 e. The molecular weight excluding hydrogens is 283 g/mol. The first kappa shape index (κ1) is 18.7. The number of carbonyl (C=O) groups excluding carboxylic acids is 1. The van der Waals surface area contributed by atoms with E-state index in [1.165, 1.54) is 22.1 Å². The van der Waals surface area contributed by atoms with Gasteiger partial charge in [0.1, 0.15) is 6.73 Å². The number of rotatable bonds is 9. The molecule has 2 unspecified atom stereocenters. The highest BCUT2D eigenvalue weighted by atomic mass is 32.7. The van der Waals surface area contributed by atoms with Gasteiger partial charge < -0.3 is 4.74 Å². The Morgan fingerprint density at radius 3 is 2.53 bits per heavy atom. The fourth-order valence-corrected chi connectivity index (χ4v) is 6.52. The van der Waals surface area contributed by atoms with E-state index in [-0.39, 0.29) is 24.3 Å². The summed E-state index contributed by atoms with van der Waals surface area (Å²) in [6.07, 6.45) is 2.59. The number of hydrogen-bond donors (Lipinski definition) is 0. The summed E-state index contributed by atoms with van der Waals surface area (Å²) < 4.78 is 21.1. The maximum absolute atomic E-state index is 13.2. The Morgan fingerprint density at radius 2 is 2.11 bits per heavy atom. The number of nitrogens with zero attached hydrogens (tertiary/aromatic N) is 2. The topological polar surface area (TPSA) is 49.9 Å². The third-order valence-electron chi connectivity index (χ3n) is 2.70. The van der Waals surface area contributed by atoms with Crippen molar-refractivity contribution < 1.29 is 14.1 Å². The van der Waals surface area contributed by atoms with Crippen LogP contribution in [-0.2, 0) is 14.1 Å². The van der Waals surface area contributed by atoms with Crippen LogP contribution in [0.2, 0.25) is 0 Å². The van der Waals surface area contributed by atoms with Crippen LogP contribution in [0.3, 0.4) is 0 Å². The Hall–Kier alpha value is -0.290. The maximum Gasteiger partial charge on any atom is 0.299 e. The van der Waals surface area contributed by atoms with Gasteiger partial charge in [0.05, 0.1) is 0 Å². The van der Waals surface area contributed by atoms with Gasteiger partial charge >= 0.3 is 0 Å². The van der Waals surface area contributed by atoms with Gasteiger partial charge in [-0.3, -0.25) is 14.0 Å². The zero-order valence-electron chi connectivity index (χ0n) is 12.5. The molecule has 0 aliphatic heterocycles. The molecule has 0 N–H and O–H groups in total. The van der Waals surface area contributed by atoms with Crippen molar-refractivity contribution >= 4 is 23.9 Å². The second kappa shape index (κ2) is 8.80. The van der Waals surface area contributed by atoms with Crippen LogP contribution in [0.1, 0.15) is 26.7 Å². The van der Waals surface area contributed by atoms with Crippen molar-refractivity contribution in [2.75, 3.05) is 27.9 Å². The molecule has 0 bridgehead atoms. The molecule has 0 aromatic heterocycles. The first-order valence-corrected chi connectivity index (χ1v) is 9.30. The summed E-state index contributed by atoms with van der Waals surface area (Å²) >= 11 is 1.33. The highest BCUT2D eigenvalue weighted by Gasteiger charge is 2.37. The molecule has 0 rings (SSSR count). The second-order valence-corrected chi connectivity index (χ2v) is 9.64. The van der Waals surface area contributed by atoms with E-state index in [1.54, 1.807) is 25.9 Å². The van der Waals surface area contributed by atoms with E-state index in [0.717, 1.165) is 6.42 Å². The average molecular weight is 308 g/mol. The van der Waals surface area contributed by atoms with Crippen LogP contribution in [0.5, 0.6) is 0 Å². The van der Waals surface area contributed by atoms with Crippen molar-refractivity contribution in [1.29, 1.82) is 0 Å². The SMILES string of the molecule is C=CCC(=O)N(C)P(=O)(SC(C)CC)N(C)COC. The lowest BCUT2D eigenvalue weighted by molar-refractivity contribution is -0.125. The van der Waals surface area contributed by atoms with Gasteiger partial charge in [0.2, 0.25) is 5.91 Å². The van der Waals surface area contributed by atoms with E-state index in [0.29, 0.717) is 0 Å². The van der Waals surface area contributed by atoms with E-state index in [4.69, 9.17) is 4.74 Å². The molecule has 7 heteroatoms. The van der Waals surface area contributed by atoms with Gasteiger partial charge in [0.15, 0.2) is 0 Å². The number of methoxy groups -OCH3 is 1. The molecule has 0 saturated heterocycles. The van der Waals surface area contributed by atoms with E-state index in [1.807, 2.05) is 13.8 Å². The van der Waals surface area contributed by atoms with E-state index in [2.05, 4.69) is 6.58 Å². The second-order valence-electron chi connectivity index (χ2n) is 4.30. The van der Waals surface area contributed by atoms with Gasteiger partial charge in [0, 0.05) is 25.8 Å². The third-order valence-corrected chi connectivity index (χ3v) is 9.10. The Balaban J connectivity index is 5.19. The van der Waals surface area contributed by atoms with Gasteiger partial charge in [-0.15, -0.1) is 6.58 Å². The molecule has 0 saturated carbocycles. The predicted octanol–water partition coefficient (Wildman–Crippen LogP) is 3.20. The number of carbonyl (C=O) groups is 1. The Labute approximate surface area is 120 Å². The van der Waals surface area contributed by atoms with Crippen LogP contribution < -0.4 is 0 Å². The minimum atomic E-state index is -3.02. The monoisotopic (exact) mass is 308 g/mol. The molecule has 0 aromatic rings. The van der Waals surface area contributed by atoms with Crippen molar-refractivity contribution in [2.24, 2.45) is 0 Å². The fraction of sp³-hybridized carbons (Fsp3) is 0.750. The van der Waals surface area contributed by atoms with Crippen LogP contribution in [0.15, 0.2) is 12.7 Å². The number of ether oxygens (including phenoxy) is 1. The molecule has 0 fully saturated rings. The Bertz CT molecular complexity index is 352. The van der Waals surface area contributed by atoms with E-state index >= 15 is 0 Å². The van der Waals surface area contributed by atoms with Crippen LogP contribution >= 0.6 is 18.0 Å². The molecule has 1 amide bonds.